The van der Waals surface area contributed by atoms with Crippen LogP contribution in [0.3, 0.4) is 0 Å². The van der Waals surface area contributed by atoms with Crippen LogP contribution < -0.4 is 10.6 Å². The second-order valence-electron chi connectivity index (χ2n) is 3.82. The molecule has 1 heterocycles. The quantitative estimate of drug-likeness (QED) is 0.873. The molecule has 0 aliphatic carbocycles. The summed E-state index contributed by atoms with van der Waals surface area (Å²) in [6, 6.07) is 6.48. The van der Waals surface area contributed by atoms with Gasteiger partial charge < -0.3 is 10.6 Å². The van der Waals surface area contributed by atoms with Crippen LogP contribution in [0.5, 0.6) is 0 Å². The van der Waals surface area contributed by atoms with Gasteiger partial charge in [0.1, 0.15) is 0 Å². The third kappa shape index (κ3) is 3.10. The van der Waals surface area contributed by atoms with E-state index >= 15 is 0 Å². The Bertz CT molecular complexity index is 337. The van der Waals surface area contributed by atoms with Crippen molar-refractivity contribution in [1.82, 2.24) is 5.32 Å². The zero-order chi connectivity index (χ0) is 10.7. The molecule has 1 aromatic rings. The highest BCUT2D eigenvalue weighted by molar-refractivity contribution is 9.10. The fraction of sp³-hybridized carbons (Fsp3) is 0.455. The third-order valence-corrected chi connectivity index (χ3v) is 3.80. The number of hydrogen-bond acceptors (Lipinski definition) is 2. The highest BCUT2D eigenvalue weighted by atomic mass is 79.9. The molecule has 2 N–H and O–H groups in total. The van der Waals surface area contributed by atoms with Crippen molar-refractivity contribution in [3.8, 4) is 0 Å². The van der Waals surface area contributed by atoms with Crippen molar-refractivity contribution in [3.05, 3.63) is 27.7 Å². The smallest absolute Gasteiger partial charge is 0.0549 e. The minimum atomic E-state index is 0.534. The van der Waals surface area contributed by atoms with Crippen LogP contribution in [0.15, 0.2) is 22.7 Å². The van der Waals surface area contributed by atoms with Gasteiger partial charge in [0.2, 0.25) is 0 Å². The molecular formula is C11H14BrClN2. The zero-order valence-electron chi connectivity index (χ0n) is 8.39. The molecule has 1 atom stereocenters. The number of hydrogen-bond donors (Lipinski definition) is 2. The van der Waals surface area contributed by atoms with Crippen LogP contribution in [-0.2, 0) is 0 Å². The Kier molecular flexibility index (Phi) is 3.89. The van der Waals surface area contributed by atoms with Crippen LogP contribution in [-0.4, -0.2) is 19.1 Å². The van der Waals surface area contributed by atoms with Gasteiger partial charge in [-0.15, -0.1) is 0 Å². The van der Waals surface area contributed by atoms with E-state index in [4.69, 9.17) is 11.6 Å². The lowest BCUT2D eigenvalue weighted by Crippen LogP contribution is -2.38. The molecule has 2 nitrogen and oxygen atoms in total. The van der Waals surface area contributed by atoms with Gasteiger partial charge in [0.25, 0.3) is 0 Å². The second-order valence-corrected chi connectivity index (χ2v) is 5.08. The maximum absolute atomic E-state index is 5.94. The summed E-state index contributed by atoms with van der Waals surface area (Å²) in [5.41, 5.74) is 1.12. The number of benzene rings is 1. The summed E-state index contributed by atoms with van der Waals surface area (Å²) >= 11 is 9.36. The lowest BCUT2D eigenvalue weighted by molar-refractivity contribution is 0.480. The number of nitrogens with one attached hydrogen (secondary N) is 2. The van der Waals surface area contributed by atoms with E-state index in [0.29, 0.717) is 6.04 Å². The van der Waals surface area contributed by atoms with E-state index < -0.39 is 0 Å². The number of rotatable bonds is 2. The molecule has 82 valence electrons. The van der Waals surface area contributed by atoms with Crippen LogP contribution in [0.4, 0.5) is 5.69 Å². The molecule has 0 aromatic heterocycles. The summed E-state index contributed by atoms with van der Waals surface area (Å²) in [5, 5.41) is 7.63. The molecule has 15 heavy (non-hydrogen) atoms. The second kappa shape index (κ2) is 5.19. The van der Waals surface area contributed by atoms with Crippen molar-refractivity contribution >= 4 is 33.2 Å². The van der Waals surface area contributed by atoms with E-state index in [1.165, 1.54) is 12.8 Å². The van der Waals surface area contributed by atoms with Crippen LogP contribution in [0.1, 0.15) is 12.8 Å². The first-order valence-electron chi connectivity index (χ1n) is 5.18. The lowest BCUT2D eigenvalue weighted by atomic mass is 10.1. The Hall–Kier alpha value is -0.250. The molecule has 1 aromatic carbocycles. The van der Waals surface area contributed by atoms with Gasteiger partial charge in [-0.2, -0.15) is 0 Å². The molecule has 1 aliphatic rings. The molecule has 0 radical (unpaired) electrons. The molecule has 2 rings (SSSR count). The van der Waals surface area contributed by atoms with Crippen LogP contribution in [0.2, 0.25) is 5.02 Å². The van der Waals surface area contributed by atoms with Crippen molar-refractivity contribution in [3.63, 3.8) is 0 Å². The van der Waals surface area contributed by atoms with E-state index in [0.717, 1.165) is 28.3 Å². The first-order chi connectivity index (χ1) is 7.25. The minimum absolute atomic E-state index is 0.534. The zero-order valence-corrected chi connectivity index (χ0v) is 10.7. The first kappa shape index (κ1) is 11.2. The fourth-order valence-corrected chi connectivity index (χ4v) is 2.29. The number of anilines is 1. The maximum atomic E-state index is 5.94. The largest absolute Gasteiger partial charge is 0.381 e. The standard InChI is InChI=1S/C11H14BrClN2/c12-10-6-8(3-4-11(10)13)15-9-2-1-5-14-7-9/h3-4,6,9,14-15H,1-2,5,7H2. The molecule has 0 bridgehead atoms. The van der Waals surface area contributed by atoms with Crippen LogP contribution in [0.25, 0.3) is 0 Å². The molecule has 0 spiro atoms. The van der Waals surface area contributed by atoms with Gasteiger partial charge >= 0.3 is 0 Å². The number of piperidine rings is 1. The van der Waals surface area contributed by atoms with E-state index in [2.05, 4.69) is 26.6 Å². The summed E-state index contributed by atoms with van der Waals surface area (Å²) in [5.74, 6) is 0. The Morgan fingerprint density at radius 2 is 2.33 bits per heavy atom. The average Bonchev–Trinajstić information content (AvgIpc) is 2.25. The summed E-state index contributed by atoms with van der Waals surface area (Å²) in [6.07, 6.45) is 2.47. The van der Waals surface area contributed by atoms with Gasteiger partial charge in [-0.1, -0.05) is 11.6 Å². The van der Waals surface area contributed by atoms with Crippen molar-refractivity contribution in [2.24, 2.45) is 0 Å². The van der Waals surface area contributed by atoms with Gasteiger partial charge in [-0.3, -0.25) is 0 Å². The summed E-state index contributed by atoms with van der Waals surface area (Å²) < 4.78 is 0.943. The molecule has 0 saturated carbocycles. The highest BCUT2D eigenvalue weighted by Gasteiger charge is 2.12. The normalized spacial score (nSPS) is 21.3. The topological polar surface area (TPSA) is 24.1 Å². The molecular weight excluding hydrogens is 275 g/mol. The SMILES string of the molecule is Clc1ccc(NC2CCCNC2)cc1Br. The highest BCUT2D eigenvalue weighted by Crippen LogP contribution is 2.26. The van der Waals surface area contributed by atoms with Gasteiger partial charge in [0.05, 0.1) is 5.02 Å². The Balaban J connectivity index is 2.00. The lowest BCUT2D eigenvalue weighted by Gasteiger charge is -2.24. The molecule has 1 aliphatic heterocycles. The van der Waals surface area contributed by atoms with E-state index in [1.54, 1.807) is 0 Å². The van der Waals surface area contributed by atoms with Crippen molar-refractivity contribution in [2.45, 2.75) is 18.9 Å². The van der Waals surface area contributed by atoms with E-state index in [1.807, 2.05) is 18.2 Å². The summed E-state index contributed by atoms with van der Waals surface area (Å²) in [7, 11) is 0. The molecule has 1 saturated heterocycles. The molecule has 1 unspecified atom stereocenters. The summed E-state index contributed by atoms with van der Waals surface area (Å²) in [6.45, 7) is 2.18. The maximum Gasteiger partial charge on any atom is 0.0549 e. The predicted molar refractivity (Wildman–Crippen MR) is 68.7 cm³/mol. The monoisotopic (exact) mass is 288 g/mol. The number of halogens is 2. The van der Waals surface area contributed by atoms with E-state index in [9.17, 15) is 0 Å². The van der Waals surface area contributed by atoms with Crippen molar-refractivity contribution in [1.29, 1.82) is 0 Å². The average molecular weight is 290 g/mol. The molecule has 1 fully saturated rings. The van der Waals surface area contributed by atoms with Gasteiger partial charge in [0.15, 0.2) is 0 Å². The fourth-order valence-electron chi connectivity index (χ4n) is 1.80. The van der Waals surface area contributed by atoms with Gasteiger partial charge in [0, 0.05) is 22.7 Å². The Morgan fingerprint density at radius 3 is 3.00 bits per heavy atom. The molecule has 4 heteroatoms. The first-order valence-corrected chi connectivity index (χ1v) is 6.35. The van der Waals surface area contributed by atoms with E-state index in [-0.39, 0.29) is 0 Å². The van der Waals surface area contributed by atoms with Gasteiger partial charge in [-0.25, -0.2) is 0 Å². The molecule has 0 amide bonds. The van der Waals surface area contributed by atoms with Crippen LogP contribution in [0, 0.1) is 0 Å². The predicted octanol–water partition coefficient (Wildman–Crippen LogP) is 3.27. The minimum Gasteiger partial charge on any atom is -0.381 e. The van der Waals surface area contributed by atoms with Crippen LogP contribution >= 0.6 is 27.5 Å². The Labute approximate surface area is 104 Å². The third-order valence-electron chi connectivity index (χ3n) is 2.59. The Morgan fingerprint density at radius 1 is 1.47 bits per heavy atom. The van der Waals surface area contributed by atoms with Crippen molar-refractivity contribution < 1.29 is 0 Å². The summed E-state index contributed by atoms with van der Waals surface area (Å²) in [4.78, 5) is 0. The van der Waals surface area contributed by atoms with Gasteiger partial charge in [-0.05, 0) is 53.5 Å². The van der Waals surface area contributed by atoms with Crippen molar-refractivity contribution in [2.75, 3.05) is 18.4 Å².